The number of rotatable bonds is 4. The van der Waals surface area contributed by atoms with Crippen molar-refractivity contribution in [3.8, 4) is 0 Å². The number of hydrogen-bond donors (Lipinski definition) is 1. The van der Waals surface area contributed by atoms with E-state index >= 15 is 0 Å². The van der Waals surface area contributed by atoms with E-state index in [4.69, 9.17) is 0 Å². The Morgan fingerprint density at radius 3 is 2.60 bits per heavy atom. The van der Waals surface area contributed by atoms with Gasteiger partial charge in [-0.05, 0) is 54.0 Å². The predicted molar refractivity (Wildman–Crippen MR) is 143 cm³/mol. The van der Waals surface area contributed by atoms with Crippen molar-refractivity contribution in [2.24, 2.45) is 17.8 Å². The van der Waals surface area contributed by atoms with E-state index in [1.165, 1.54) is 36.2 Å². The second-order valence-electron chi connectivity index (χ2n) is 10.1. The van der Waals surface area contributed by atoms with E-state index < -0.39 is 0 Å². The van der Waals surface area contributed by atoms with Crippen LogP contribution >= 0.6 is 23.1 Å². The average molecular weight is 499 g/mol. The first kappa shape index (κ1) is 21.5. The van der Waals surface area contributed by atoms with Crippen molar-refractivity contribution in [1.29, 1.82) is 0 Å². The summed E-state index contributed by atoms with van der Waals surface area (Å²) in [7, 11) is 0. The summed E-state index contributed by atoms with van der Waals surface area (Å²) >= 11 is 3.23. The molecular formula is C29H26N2O2S2. The molecule has 35 heavy (non-hydrogen) atoms. The molecule has 0 spiro atoms. The zero-order chi connectivity index (χ0) is 23.5. The number of nitrogens with one attached hydrogen (secondary N) is 1. The van der Waals surface area contributed by atoms with Gasteiger partial charge in [0.25, 0.3) is 0 Å². The van der Waals surface area contributed by atoms with E-state index in [0.717, 1.165) is 38.2 Å². The van der Waals surface area contributed by atoms with Crippen LogP contribution in [0.4, 0.5) is 5.69 Å². The molecule has 0 saturated heterocycles. The summed E-state index contributed by atoms with van der Waals surface area (Å²) in [5.41, 5.74) is 2.10. The van der Waals surface area contributed by atoms with Crippen LogP contribution in [0, 0.1) is 17.8 Å². The van der Waals surface area contributed by atoms with Gasteiger partial charge >= 0.3 is 4.87 Å². The number of carbonyl (C=O) groups is 1. The topological polar surface area (TPSA) is 51.1 Å². The van der Waals surface area contributed by atoms with Crippen LogP contribution in [-0.4, -0.2) is 15.7 Å². The van der Waals surface area contributed by atoms with Gasteiger partial charge in [0.15, 0.2) is 0 Å². The summed E-state index contributed by atoms with van der Waals surface area (Å²) in [6.07, 6.45) is 3.92. The van der Waals surface area contributed by atoms with Crippen molar-refractivity contribution in [2.75, 3.05) is 5.32 Å². The Kier molecular flexibility index (Phi) is 5.14. The third-order valence-electron chi connectivity index (χ3n) is 8.21. The largest absolute Gasteiger partial charge is 0.324 e. The van der Waals surface area contributed by atoms with Crippen LogP contribution in [0.5, 0.6) is 0 Å². The zero-order valence-electron chi connectivity index (χ0n) is 19.2. The number of benzene rings is 3. The standard InChI is InChI=1S/C29H26N2O2S2/c32-23(30-22-12-6-10-17-7-4-5-11-21(17)22)16-31-28-27(35-29(31)33)24(18-8-2-1-3-9-18)25-19-13-14-20(15-19)26(25)34-28/h1-12,19-20,24-26H,13-16H2,(H,30,32)/t19?,20?,24-,25?,26?/m1/s1. The number of hydrogen-bond acceptors (Lipinski definition) is 4. The lowest BCUT2D eigenvalue weighted by molar-refractivity contribution is -0.116. The highest BCUT2D eigenvalue weighted by Crippen LogP contribution is 2.63. The molecule has 4 aromatic rings. The molecule has 3 aliphatic rings. The van der Waals surface area contributed by atoms with Crippen molar-refractivity contribution in [3.05, 3.63) is 92.9 Å². The Morgan fingerprint density at radius 2 is 1.71 bits per heavy atom. The van der Waals surface area contributed by atoms with Crippen molar-refractivity contribution in [2.45, 2.75) is 42.0 Å². The van der Waals surface area contributed by atoms with Gasteiger partial charge in [-0.25, -0.2) is 0 Å². The summed E-state index contributed by atoms with van der Waals surface area (Å²) < 4.78 is 1.74. The van der Waals surface area contributed by atoms with Gasteiger partial charge in [-0.1, -0.05) is 78.1 Å². The first-order valence-electron chi connectivity index (χ1n) is 12.4. The molecule has 5 atom stereocenters. The minimum absolute atomic E-state index is 0.0242. The van der Waals surface area contributed by atoms with Crippen molar-refractivity contribution >= 4 is 45.5 Å². The molecule has 0 radical (unpaired) electrons. The fourth-order valence-electron chi connectivity index (χ4n) is 6.79. The molecule has 7 rings (SSSR count). The van der Waals surface area contributed by atoms with E-state index in [9.17, 15) is 9.59 Å². The fourth-order valence-corrected chi connectivity index (χ4v) is 9.94. The molecule has 4 unspecified atom stereocenters. The maximum Gasteiger partial charge on any atom is 0.308 e. The van der Waals surface area contributed by atoms with E-state index in [-0.39, 0.29) is 23.2 Å². The summed E-state index contributed by atoms with van der Waals surface area (Å²) in [6, 6.07) is 24.6. The SMILES string of the molecule is O=C(Cn1c2c(sc1=O)[C@H](c1ccccc1)C1C3CCC(C3)C1S2)Nc1cccc2ccccc12. The van der Waals surface area contributed by atoms with Crippen LogP contribution in [-0.2, 0) is 11.3 Å². The van der Waals surface area contributed by atoms with Crippen LogP contribution in [0.25, 0.3) is 10.8 Å². The molecule has 2 aliphatic carbocycles. The monoisotopic (exact) mass is 498 g/mol. The van der Waals surface area contributed by atoms with E-state index in [2.05, 4.69) is 35.6 Å². The molecule has 176 valence electrons. The molecule has 1 aromatic heterocycles. The number of fused-ring (bicyclic) bond motifs is 7. The minimum Gasteiger partial charge on any atom is -0.324 e. The zero-order valence-corrected chi connectivity index (χ0v) is 20.9. The minimum atomic E-state index is -0.156. The third kappa shape index (κ3) is 3.49. The number of anilines is 1. The Morgan fingerprint density at radius 1 is 0.943 bits per heavy atom. The maximum absolute atomic E-state index is 13.3. The van der Waals surface area contributed by atoms with Crippen LogP contribution in [0.2, 0.25) is 0 Å². The van der Waals surface area contributed by atoms with Gasteiger partial charge in [-0.3, -0.25) is 14.2 Å². The summed E-state index contributed by atoms with van der Waals surface area (Å²) in [5, 5.41) is 6.72. The lowest BCUT2D eigenvalue weighted by Crippen LogP contribution is -2.34. The Hall–Kier alpha value is -2.83. The van der Waals surface area contributed by atoms with Gasteiger partial charge < -0.3 is 5.32 Å². The Labute approximate surface area is 212 Å². The van der Waals surface area contributed by atoms with Gasteiger partial charge in [-0.15, -0.1) is 11.8 Å². The third-order valence-corrected chi connectivity index (χ3v) is 11.0. The average Bonchev–Trinajstić information content (AvgIpc) is 3.58. The molecule has 6 heteroatoms. The number of thiazole rings is 1. The number of thioether (sulfide) groups is 1. The molecule has 4 nitrogen and oxygen atoms in total. The lowest BCUT2D eigenvalue weighted by Gasteiger charge is -2.40. The Bertz CT molecular complexity index is 1490. The van der Waals surface area contributed by atoms with Crippen molar-refractivity contribution in [3.63, 3.8) is 0 Å². The van der Waals surface area contributed by atoms with Gasteiger partial charge in [0.1, 0.15) is 6.54 Å². The molecular weight excluding hydrogens is 472 g/mol. The highest BCUT2D eigenvalue weighted by atomic mass is 32.2. The first-order valence-corrected chi connectivity index (χ1v) is 14.1. The molecule has 2 saturated carbocycles. The quantitative estimate of drug-likeness (QED) is 0.356. The summed E-state index contributed by atoms with van der Waals surface area (Å²) in [6.45, 7) is 0.0495. The molecule has 3 aromatic carbocycles. The van der Waals surface area contributed by atoms with Gasteiger partial charge in [-0.2, -0.15) is 0 Å². The number of carbonyl (C=O) groups excluding carboxylic acids is 1. The van der Waals surface area contributed by atoms with Gasteiger partial charge in [0.05, 0.1) is 5.03 Å². The number of nitrogens with zero attached hydrogens (tertiary/aromatic N) is 1. The first-order chi connectivity index (χ1) is 17.2. The number of amides is 1. The molecule has 1 N–H and O–H groups in total. The van der Waals surface area contributed by atoms with Crippen LogP contribution in [0.1, 0.15) is 35.6 Å². The van der Waals surface area contributed by atoms with Gasteiger partial charge in [0, 0.05) is 27.1 Å². The number of aromatic nitrogens is 1. The van der Waals surface area contributed by atoms with E-state index in [1.54, 1.807) is 4.57 Å². The normalized spacial score (nSPS) is 26.5. The van der Waals surface area contributed by atoms with Crippen LogP contribution in [0.3, 0.4) is 0 Å². The fraction of sp³-hybridized carbons (Fsp3) is 0.310. The highest BCUT2D eigenvalue weighted by Gasteiger charge is 2.55. The van der Waals surface area contributed by atoms with Crippen molar-refractivity contribution in [1.82, 2.24) is 4.57 Å². The Balaban J connectivity index is 1.24. The van der Waals surface area contributed by atoms with Gasteiger partial charge in [0.2, 0.25) is 5.91 Å². The molecule has 2 fully saturated rings. The summed E-state index contributed by atoms with van der Waals surface area (Å²) in [5.74, 6) is 2.16. The smallest absolute Gasteiger partial charge is 0.308 e. The van der Waals surface area contributed by atoms with E-state index in [0.29, 0.717) is 11.2 Å². The lowest BCUT2D eigenvalue weighted by atomic mass is 9.75. The van der Waals surface area contributed by atoms with E-state index in [1.807, 2.05) is 54.2 Å². The summed E-state index contributed by atoms with van der Waals surface area (Å²) in [4.78, 5) is 27.6. The van der Waals surface area contributed by atoms with Crippen LogP contribution < -0.4 is 10.2 Å². The predicted octanol–water partition coefficient (Wildman–Crippen LogP) is 6.35. The second kappa shape index (κ2) is 8.38. The molecule has 2 bridgehead atoms. The maximum atomic E-state index is 13.3. The van der Waals surface area contributed by atoms with Crippen LogP contribution in [0.15, 0.2) is 82.6 Å². The second-order valence-corrected chi connectivity index (χ2v) is 12.2. The molecule has 1 amide bonds. The molecule has 1 aliphatic heterocycles. The molecule has 2 heterocycles. The highest BCUT2D eigenvalue weighted by molar-refractivity contribution is 8.00. The van der Waals surface area contributed by atoms with Crippen molar-refractivity contribution < 1.29 is 4.79 Å².